The SMILES string of the molecule is CCN(CCCl)[PH](=O)N(CC)CCCl. The van der Waals surface area contributed by atoms with Gasteiger partial charge in [-0.3, -0.25) is 4.57 Å². The van der Waals surface area contributed by atoms with Gasteiger partial charge in [-0.2, -0.15) is 0 Å². The minimum Gasteiger partial charge on any atom is -0.292 e. The maximum Gasteiger partial charge on any atom is 0.205 e. The standard InChI is InChI=1S/C8H19Cl2N2OP/c1-3-11(7-5-9)14(13)12(4-2)8-6-10/h14H,3-8H2,1-2H3. The fraction of sp³-hybridized carbons (Fsp3) is 1.00. The third-order valence-corrected chi connectivity index (χ3v) is 4.51. The third kappa shape index (κ3) is 4.99. The third-order valence-electron chi connectivity index (χ3n) is 2.01. The van der Waals surface area contributed by atoms with E-state index in [0.29, 0.717) is 24.8 Å². The van der Waals surface area contributed by atoms with Crippen molar-refractivity contribution in [1.29, 1.82) is 0 Å². The monoisotopic (exact) mass is 260 g/mol. The van der Waals surface area contributed by atoms with E-state index in [1.54, 1.807) is 0 Å². The molecule has 0 aliphatic rings. The predicted octanol–water partition coefficient (Wildman–Crippen LogP) is 2.50. The fourth-order valence-corrected chi connectivity index (χ4v) is 3.42. The number of hydrogen-bond donors (Lipinski definition) is 0. The molecule has 0 unspecified atom stereocenters. The number of rotatable bonds is 8. The average Bonchev–Trinajstić information content (AvgIpc) is 2.21. The summed E-state index contributed by atoms with van der Waals surface area (Å²) in [5, 5.41) is 0. The molecule has 0 aliphatic carbocycles. The summed E-state index contributed by atoms with van der Waals surface area (Å²) in [7, 11) is -1.85. The highest BCUT2D eigenvalue weighted by Crippen LogP contribution is 2.31. The van der Waals surface area contributed by atoms with Crippen molar-refractivity contribution in [3.63, 3.8) is 0 Å². The summed E-state index contributed by atoms with van der Waals surface area (Å²) in [6, 6.07) is 0. The molecule has 0 fully saturated rings. The van der Waals surface area contributed by atoms with Crippen molar-refractivity contribution in [2.45, 2.75) is 13.8 Å². The normalized spacial score (nSPS) is 11.9. The van der Waals surface area contributed by atoms with Gasteiger partial charge in [0, 0.05) is 37.9 Å². The zero-order chi connectivity index (χ0) is 11.0. The summed E-state index contributed by atoms with van der Waals surface area (Å²) >= 11 is 11.3. The van der Waals surface area contributed by atoms with Crippen LogP contribution in [0.2, 0.25) is 0 Å². The Morgan fingerprint density at radius 3 is 1.57 bits per heavy atom. The van der Waals surface area contributed by atoms with Gasteiger partial charge in [0.1, 0.15) is 0 Å². The molecule has 14 heavy (non-hydrogen) atoms. The molecule has 6 heteroatoms. The van der Waals surface area contributed by atoms with Gasteiger partial charge in [0.05, 0.1) is 0 Å². The van der Waals surface area contributed by atoms with Crippen LogP contribution in [0.5, 0.6) is 0 Å². The highest BCUT2D eigenvalue weighted by molar-refractivity contribution is 7.39. The number of alkyl halides is 2. The van der Waals surface area contributed by atoms with Crippen LogP contribution in [0.15, 0.2) is 0 Å². The lowest BCUT2D eigenvalue weighted by Gasteiger charge is -2.27. The van der Waals surface area contributed by atoms with Crippen molar-refractivity contribution >= 4 is 31.3 Å². The van der Waals surface area contributed by atoms with Crippen LogP contribution in [-0.2, 0) is 4.57 Å². The summed E-state index contributed by atoms with van der Waals surface area (Å²) in [5.74, 6) is 1.03. The van der Waals surface area contributed by atoms with Crippen molar-refractivity contribution < 1.29 is 4.57 Å². The second-order valence-corrected chi connectivity index (χ2v) is 5.41. The minimum atomic E-state index is -1.85. The van der Waals surface area contributed by atoms with Gasteiger partial charge in [-0.1, -0.05) is 13.8 Å². The van der Waals surface area contributed by atoms with Crippen LogP contribution in [0.4, 0.5) is 0 Å². The van der Waals surface area contributed by atoms with E-state index in [1.165, 1.54) is 0 Å². The maximum atomic E-state index is 12.0. The van der Waals surface area contributed by atoms with Gasteiger partial charge in [-0.05, 0) is 0 Å². The van der Waals surface area contributed by atoms with E-state index in [0.717, 1.165) is 13.1 Å². The molecule has 0 aromatic rings. The van der Waals surface area contributed by atoms with Crippen LogP contribution >= 0.6 is 31.3 Å². The molecule has 0 amide bonds. The van der Waals surface area contributed by atoms with E-state index < -0.39 is 8.10 Å². The van der Waals surface area contributed by atoms with Crippen molar-refractivity contribution in [2.75, 3.05) is 37.9 Å². The summed E-state index contributed by atoms with van der Waals surface area (Å²) < 4.78 is 15.8. The van der Waals surface area contributed by atoms with E-state index in [1.807, 2.05) is 23.2 Å². The minimum absolute atomic E-state index is 0.517. The number of nitrogens with zero attached hydrogens (tertiary/aromatic N) is 2. The molecule has 0 N–H and O–H groups in total. The average molecular weight is 261 g/mol. The zero-order valence-corrected chi connectivity index (χ0v) is 11.3. The van der Waals surface area contributed by atoms with E-state index in [4.69, 9.17) is 23.2 Å². The second-order valence-electron chi connectivity index (χ2n) is 2.82. The van der Waals surface area contributed by atoms with Gasteiger partial charge >= 0.3 is 0 Å². The second kappa shape index (κ2) is 8.99. The van der Waals surface area contributed by atoms with Crippen LogP contribution < -0.4 is 0 Å². The molecule has 0 bridgehead atoms. The molecule has 0 aromatic carbocycles. The lowest BCUT2D eigenvalue weighted by atomic mass is 10.7. The van der Waals surface area contributed by atoms with Gasteiger partial charge in [-0.25, -0.2) is 9.34 Å². The Labute approximate surface area is 97.2 Å². The summed E-state index contributed by atoms with van der Waals surface area (Å²) in [6.07, 6.45) is 0. The molecule has 0 saturated heterocycles. The number of hydrogen-bond acceptors (Lipinski definition) is 1. The van der Waals surface area contributed by atoms with Crippen LogP contribution in [0, 0.1) is 0 Å². The highest BCUT2D eigenvalue weighted by Gasteiger charge is 2.16. The van der Waals surface area contributed by atoms with Crippen molar-refractivity contribution in [1.82, 2.24) is 9.34 Å². The molecule has 0 heterocycles. The van der Waals surface area contributed by atoms with Gasteiger partial charge in [0.15, 0.2) is 0 Å². The smallest absolute Gasteiger partial charge is 0.205 e. The zero-order valence-electron chi connectivity index (χ0n) is 8.80. The summed E-state index contributed by atoms with van der Waals surface area (Å²) in [5.41, 5.74) is 0. The van der Waals surface area contributed by atoms with Crippen LogP contribution in [-0.4, -0.2) is 47.3 Å². The van der Waals surface area contributed by atoms with Crippen molar-refractivity contribution in [3.05, 3.63) is 0 Å². The fourth-order valence-electron chi connectivity index (χ4n) is 1.18. The first-order valence-corrected chi connectivity index (χ1v) is 7.24. The topological polar surface area (TPSA) is 23.6 Å². The molecule has 0 spiro atoms. The lowest BCUT2D eigenvalue weighted by molar-refractivity contribution is 0.383. The van der Waals surface area contributed by atoms with Crippen LogP contribution in [0.1, 0.15) is 13.8 Å². The Morgan fingerprint density at radius 1 is 1.00 bits per heavy atom. The Balaban J connectivity index is 4.21. The Hall–Kier alpha value is 0.730. The molecular weight excluding hydrogens is 242 g/mol. The molecule has 86 valence electrons. The Morgan fingerprint density at radius 2 is 1.36 bits per heavy atom. The molecule has 3 nitrogen and oxygen atoms in total. The van der Waals surface area contributed by atoms with E-state index in [9.17, 15) is 4.57 Å². The summed E-state index contributed by atoms with van der Waals surface area (Å²) in [4.78, 5) is 0. The quantitative estimate of drug-likeness (QED) is 0.495. The van der Waals surface area contributed by atoms with Gasteiger partial charge < -0.3 is 0 Å². The van der Waals surface area contributed by atoms with Crippen molar-refractivity contribution in [3.8, 4) is 0 Å². The van der Waals surface area contributed by atoms with Gasteiger partial charge in [-0.15, -0.1) is 23.2 Å². The molecule has 0 rings (SSSR count). The maximum absolute atomic E-state index is 12.0. The highest BCUT2D eigenvalue weighted by atomic mass is 35.5. The van der Waals surface area contributed by atoms with E-state index in [-0.39, 0.29) is 0 Å². The number of halogens is 2. The Bertz CT molecular complexity index is 155. The van der Waals surface area contributed by atoms with E-state index in [2.05, 4.69) is 0 Å². The summed E-state index contributed by atoms with van der Waals surface area (Å²) in [6.45, 7) is 6.86. The molecule has 0 radical (unpaired) electrons. The largest absolute Gasteiger partial charge is 0.292 e. The van der Waals surface area contributed by atoms with E-state index >= 15 is 0 Å². The first kappa shape index (κ1) is 14.7. The predicted molar refractivity (Wildman–Crippen MR) is 64.9 cm³/mol. The first-order valence-electron chi connectivity index (χ1n) is 4.86. The Kier molecular flexibility index (Phi) is 9.46. The van der Waals surface area contributed by atoms with Crippen LogP contribution in [0.25, 0.3) is 0 Å². The molecule has 0 aromatic heterocycles. The lowest BCUT2D eigenvalue weighted by Crippen LogP contribution is -2.28. The van der Waals surface area contributed by atoms with Gasteiger partial charge in [0.2, 0.25) is 8.10 Å². The molecular formula is C8H19Cl2N2OP. The van der Waals surface area contributed by atoms with Crippen molar-refractivity contribution in [2.24, 2.45) is 0 Å². The molecule has 0 saturated carbocycles. The molecule has 0 aliphatic heterocycles. The first-order chi connectivity index (χ1) is 6.71. The van der Waals surface area contributed by atoms with Crippen LogP contribution in [0.3, 0.4) is 0 Å². The van der Waals surface area contributed by atoms with Gasteiger partial charge in [0.25, 0.3) is 0 Å². The molecule has 0 atom stereocenters.